The van der Waals surface area contributed by atoms with Crippen LogP contribution >= 0.6 is 15.9 Å². The van der Waals surface area contributed by atoms with Gasteiger partial charge in [0.15, 0.2) is 0 Å². The molecule has 0 atom stereocenters. The normalized spacial score (nSPS) is 11.1. The van der Waals surface area contributed by atoms with Crippen LogP contribution in [0.1, 0.15) is 12.7 Å². The van der Waals surface area contributed by atoms with Gasteiger partial charge in [0.1, 0.15) is 5.82 Å². The van der Waals surface area contributed by atoms with Crippen molar-refractivity contribution in [2.45, 2.75) is 13.5 Å². The van der Waals surface area contributed by atoms with Gasteiger partial charge >= 0.3 is 0 Å². The van der Waals surface area contributed by atoms with Crippen molar-refractivity contribution in [2.24, 2.45) is 7.05 Å². The Labute approximate surface area is 97.6 Å². The van der Waals surface area contributed by atoms with E-state index in [2.05, 4.69) is 50.8 Å². The van der Waals surface area contributed by atoms with Crippen LogP contribution in [0.3, 0.4) is 0 Å². The van der Waals surface area contributed by atoms with E-state index < -0.39 is 0 Å². The third-order valence-electron chi connectivity index (χ3n) is 2.47. The summed E-state index contributed by atoms with van der Waals surface area (Å²) >= 11 is 3.45. The summed E-state index contributed by atoms with van der Waals surface area (Å²) in [6.45, 7) is 3.88. The highest BCUT2D eigenvalue weighted by atomic mass is 79.9. The number of nitrogens with zero attached hydrogens (tertiary/aromatic N) is 2. The summed E-state index contributed by atoms with van der Waals surface area (Å²) in [7, 11) is 2.05. The molecule has 0 saturated heterocycles. The van der Waals surface area contributed by atoms with Gasteiger partial charge in [-0.2, -0.15) is 0 Å². The Kier molecular flexibility index (Phi) is 3.07. The number of benzene rings is 1. The van der Waals surface area contributed by atoms with Gasteiger partial charge in [-0.1, -0.05) is 22.9 Å². The van der Waals surface area contributed by atoms with Gasteiger partial charge in [-0.25, -0.2) is 4.98 Å². The average Bonchev–Trinajstić information content (AvgIpc) is 2.52. The van der Waals surface area contributed by atoms with E-state index in [0.29, 0.717) is 0 Å². The number of rotatable bonds is 3. The number of nitrogens with one attached hydrogen (secondary N) is 1. The Hall–Kier alpha value is -0.870. The molecule has 15 heavy (non-hydrogen) atoms. The highest BCUT2D eigenvalue weighted by Gasteiger charge is 2.06. The molecule has 0 spiro atoms. The molecule has 1 heterocycles. The summed E-state index contributed by atoms with van der Waals surface area (Å²) in [6, 6.07) is 6.17. The number of fused-ring (bicyclic) bond motifs is 1. The van der Waals surface area contributed by atoms with Crippen molar-refractivity contribution in [1.82, 2.24) is 14.9 Å². The summed E-state index contributed by atoms with van der Waals surface area (Å²) in [6.07, 6.45) is 0. The van der Waals surface area contributed by atoms with E-state index in [9.17, 15) is 0 Å². The van der Waals surface area contributed by atoms with Crippen LogP contribution in [0.4, 0.5) is 0 Å². The lowest BCUT2D eigenvalue weighted by Crippen LogP contribution is -2.15. The summed E-state index contributed by atoms with van der Waals surface area (Å²) in [5.74, 6) is 1.07. The molecule has 0 amide bonds. The monoisotopic (exact) mass is 267 g/mol. The van der Waals surface area contributed by atoms with Crippen LogP contribution in [0.15, 0.2) is 22.7 Å². The van der Waals surface area contributed by atoms with Crippen LogP contribution in [-0.4, -0.2) is 16.1 Å². The SMILES string of the molecule is CCNCc1nc2cc(Br)ccc2n1C. The number of halogens is 1. The Morgan fingerprint density at radius 1 is 1.47 bits per heavy atom. The lowest BCUT2D eigenvalue weighted by Gasteiger charge is -2.01. The second-order valence-corrected chi connectivity index (χ2v) is 4.42. The molecule has 0 aliphatic rings. The van der Waals surface area contributed by atoms with Crippen LogP contribution in [-0.2, 0) is 13.6 Å². The Morgan fingerprint density at radius 2 is 2.27 bits per heavy atom. The zero-order valence-corrected chi connectivity index (χ0v) is 10.5. The van der Waals surface area contributed by atoms with Gasteiger partial charge in [-0.05, 0) is 24.7 Å². The number of hydrogen-bond acceptors (Lipinski definition) is 2. The molecule has 0 fully saturated rings. The average molecular weight is 268 g/mol. The van der Waals surface area contributed by atoms with Crippen molar-refractivity contribution in [1.29, 1.82) is 0 Å². The standard InChI is InChI=1S/C11H14BrN3/c1-3-13-7-11-14-9-6-8(12)4-5-10(9)15(11)2/h4-6,13H,3,7H2,1-2H3. The van der Waals surface area contributed by atoms with Crippen LogP contribution in [0, 0.1) is 0 Å². The maximum Gasteiger partial charge on any atom is 0.123 e. The van der Waals surface area contributed by atoms with E-state index in [1.165, 1.54) is 5.52 Å². The first-order chi connectivity index (χ1) is 7.22. The van der Waals surface area contributed by atoms with Crippen molar-refractivity contribution < 1.29 is 0 Å². The largest absolute Gasteiger partial charge is 0.330 e. The molecule has 0 aliphatic heterocycles. The van der Waals surface area contributed by atoms with E-state index in [0.717, 1.165) is 28.9 Å². The molecule has 3 nitrogen and oxygen atoms in total. The fraction of sp³-hybridized carbons (Fsp3) is 0.364. The topological polar surface area (TPSA) is 29.9 Å². The van der Waals surface area contributed by atoms with E-state index >= 15 is 0 Å². The molecule has 1 N–H and O–H groups in total. The van der Waals surface area contributed by atoms with Crippen molar-refractivity contribution in [3.05, 3.63) is 28.5 Å². The summed E-state index contributed by atoms with van der Waals surface area (Å²) in [5, 5.41) is 3.29. The maximum absolute atomic E-state index is 4.58. The minimum absolute atomic E-state index is 0.819. The van der Waals surface area contributed by atoms with Gasteiger partial charge in [0.05, 0.1) is 17.6 Å². The molecule has 0 radical (unpaired) electrons. The maximum atomic E-state index is 4.58. The molecular weight excluding hydrogens is 254 g/mol. The molecule has 1 aromatic carbocycles. The molecule has 80 valence electrons. The molecule has 1 aromatic heterocycles. The molecule has 0 aliphatic carbocycles. The fourth-order valence-electron chi connectivity index (χ4n) is 1.62. The first kappa shape index (κ1) is 10.6. The first-order valence-corrected chi connectivity index (χ1v) is 5.83. The number of aromatic nitrogens is 2. The van der Waals surface area contributed by atoms with Crippen molar-refractivity contribution >= 4 is 27.0 Å². The fourth-order valence-corrected chi connectivity index (χ4v) is 1.97. The van der Waals surface area contributed by atoms with E-state index in [1.807, 2.05) is 12.1 Å². The van der Waals surface area contributed by atoms with Crippen LogP contribution in [0.2, 0.25) is 0 Å². The summed E-state index contributed by atoms with van der Waals surface area (Å²) in [5.41, 5.74) is 2.21. The quantitative estimate of drug-likeness (QED) is 0.926. The number of hydrogen-bond donors (Lipinski definition) is 1. The lowest BCUT2D eigenvalue weighted by molar-refractivity contribution is 0.667. The number of aryl methyl sites for hydroxylation is 1. The molecule has 2 rings (SSSR count). The molecular formula is C11H14BrN3. The van der Waals surface area contributed by atoms with Gasteiger partial charge in [-0.15, -0.1) is 0 Å². The molecule has 2 aromatic rings. The molecule has 4 heteroatoms. The zero-order chi connectivity index (χ0) is 10.8. The van der Waals surface area contributed by atoms with Crippen LogP contribution in [0.25, 0.3) is 11.0 Å². The predicted octanol–water partition coefficient (Wildman–Crippen LogP) is 2.45. The summed E-state index contributed by atoms with van der Waals surface area (Å²) in [4.78, 5) is 4.58. The van der Waals surface area contributed by atoms with Gasteiger partial charge in [0.2, 0.25) is 0 Å². The minimum atomic E-state index is 0.819. The second kappa shape index (κ2) is 4.33. The highest BCUT2D eigenvalue weighted by Crippen LogP contribution is 2.19. The van der Waals surface area contributed by atoms with Crippen molar-refractivity contribution in [3.63, 3.8) is 0 Å². The second-order valence-electron chi connectivity index (χ2n) is 3.50. The zero-order valence-electron chi connectivity index (χ0n) is 8.92. The Bertz CT molecular complexity index is 476. The van der Waals surface area contributed by atoms with Crippen LogP contribution < -0.4 is 5.32 Å². The predicted molar refractivity (Wildman–Crippen MR) is 65.8 cm³/mol. The highest BCUT2D eigenvalue weighted by molar-refractivity contribution is 9.10. The molecule has 0 bridgehead atoms. The minimum Gasteiger partial charge on any atom is -0.330 e. The Morgan fingerprint density at radius 3 is 3.00 bits per heavy atom. The van der Waals surface area contributed by atoms with Crippen molar-refractivity contribution in [3.8, 4) is 0 Å². The summed E-state index contributed by atoms with van der Waals surface area (Å²) < 4.78 is 3.20. The molecule has 0 saturated carbocycles. The third-order valence-corrected chi connectivity index (χ3v) is 2.96. The smallest absolute Gasteiger partial charge is 0.123 e. The number of imidazole rings is 1. The van der Waals surface area contributed by atoms with Gasteiger partial charge in [-0.3, -0.25) is 0 Å². The molecule has 0 unspecified atom stereocenters. The van der Waals surface area contributed by atoms with Gasteiger partial charge < -0.3 is 9.88 Å². The van der Waals surface area contributed by atoms with E-state index in [4.69, 9.17) is 0 Å². The van der Waals surface area contributed by atoms with E-state index in [-0.39, 0.29) is 0 Å². The van der Waals surface area contributed by atoms with E-state index in [1.54, 1.807) is 0 Å². The first-order valence-electron chi connectivity index (χ1n) is 5.04. The lowest BCUT2D eigenvalue weighted by atomic mass is 10.3. The van der Waals surface area contributed by atoms with Crippen molar-refractivity contribution in [2.75, 3.05) is 6.54 Å². The van der Waals surface area contributed by atoms with Crippen LogP contribution in [0.5, 0.6) is 0 Å². The third kappa shape index (κ3) is 2.06. The Balaban J connectivity index is 2.44. The van der Waals surface area contributed by atoms with Gasteiger partial charge in [0.25, 0.3) is 0 Å². The van der Waals surface area contributed by atoms with Gasteiger partial charge in [0, 0.05) is 11.5 Å².